The highest BCUT2D eigenvalue weighted by atomic mass is 35.5. The number of ether oxygens (including phenoxy) is 3. The molecule has 0 saturated carbocycles. The Hall–Kier alpha value is -2.99. The standard InChI is InChI=1S/C22H24ClNO5/c1-4-5-16-8-11-19(20(12-16)27-3)28-15-22(26)29-14-21(25)24(2)13-17-6-9-18(23)10-7-17/h4-12H,13-15H2,1-3H3/b5-4+. The van der Waals surface area contributed by atoms with E-state index in [2.05, 4.69) is 0 Å². The Balaban J connectivity index is 1.80. The molecule has 6 nitrogen and oxygen atoms in total. The zero-order valence-corrected chi connectivity index (χ0v) is 17.4. The molecule has 2 aromatic rings. The van der Waals surface area contributed by atoms with Gasteiger partial charge in [0, 0.05) is 18.6 Å². The number of methoxy groups -OCH3 is 1. The maximum absolute atomic E-state index is 12.1. The molecule has 0 unspecified atom stereocenters. The number of carbonyl (C=O) groups excluding carboxylic acids is 2. The molecule has 7 heteroatoms. The lowest BCUT2D eigenvalue weighted by molar-refractivity contribution is -0.153. The molecule has 0 N–H and O–H groups in total. The van der Waals surface area contributed by atoms with Crippen molar-refractivity contribution in [3.8, 4) is 11.5 Å². The fraction of sp³-hybridized carbons (Fsp3) is 0.273. The van der Waals surface area contributed by atoms with Gasteiger partial charge in [0.25, 0.3) is 5.91 Å². The molecule has 0 spiro atoms. The van der Waals surface area contributed by atoms with Crippen molar-refractivity contribution < 1.29 is 23.8 Å². The molecule has 0 fully saturated rings. The Kier molecular flexibility index (Phi) is 8.55. The van der Waals surface area contributed by atoms with Crippen LogP contribution in [-0.4, -0.2) is 44.1 Å². The summed E-state index contributed by atoms with van der Waals surface area (Å²) in [7, 11) is 3.16. The first kappa shape index (κ1) is 22.3. The predicted octanol–water partition coefficient (Wildman–Crippen LogP) is 3.96. The first-order chi connectivity index (χ1) is 13.9. The molecule has 0 saturated heterocycles. The van der Waals surface area contributed by atoms with Gasteiger partial charge in [-0.2, -0.15) is 0 Å². The lowest BCUT2D eigenvalue weighted by Gasteiger charge is -2.17. The number of amides is 1. The third-order valence-corrected chi connectivity index (χ3v) is 4.26. The van der Waals surface area contributed by atoms with E-state index in [1.54, 1.807) is 31.3 Å². The summed E-state index contributed by atoms with van der Waals surface area (Å²) in [6, 6.07) is 12.5. The largest absolute Gasteiger partial charge is 0.493 e. The summed E-state index contributed by atoms with van der Waals surface area (Å²) in [4.78, 5) is 25.5. The van der Waals surface area contributed by atoms with Crippen LogP contribution >= 0.6 is 11.6 Å². The van der Waals surface area contributed by atoms with Gasteiger partial charge in [0.1, 0.15) is 0 Å². The van der Waals surface area contributed by atoms with Crippen molar-refractivity contribution in [2.45, 2.75) is 13.5 Å². The molecule has 29 heavy (non-hydrogen) atoms. The zero-order chi connectivity index (χ0) is 21.2. The average Bonchev–Trinajstić information content (AvgIpc) is 2.72. The normalized spacial score (nSPS) is 10.6. The number of allylic oxidation sites excluding steroid dienone is 1. The van der Waals surface area contributed by atoms with Crippen LogP contribution in [0, 0.1) is 0 Å². The number of benzene rings is 2. The molecule has 0 aliphatic rings. The van der Waals surface area contributed by atoms with Gasteiger partial charge >= 0.3 is 5.97 Å². The Morgan fingerprint density at radius 1 is 1.07 bits per heavy atom. The molecule has 0 radical (unpaired) electrons. The second kappa shape index (κ2) is 11.1. The van der Waals surface area contributed by atoms with Gasteiger partial charge in [-0.15, -0.1) is 0 Å². The van der Waals surface area contributed by atoms with Gasteiger partial charge in [-0.1, -0.05) is 42.0 Å². The van der Waals surface area contributed by atoms with Crippen LogP contribution in [0.4, 0.5) is 0 Å². The number of hydrogen-bond acceptors (Lipinski definition) is 5. The minimum atomic E-state index is -0.641. The van der Waals surface area contributed by atoms with E-state index >= 15 is 0 Å². The summed E-state index contributed by atoms with van der Waals surface area (Å²) in [5.41, 5.74) is 1.88. The zero-order valence-electron chi connectivity index (χ0n) is 16.7. The topological polar surface area (TPSA) is 65.1 Å². The van der Waals surface area contributed by atoms with Gasteiger partial charge in [-0.05, 0) is 42.3 Å². The van der Waals surface area contributed by atoms with E-state index in [9.17, 15) is 9.59 Å². The van der Waals surface area contributed by atoms with Crippen molar-refractivity contribution in [3.63, 3.8) is 0 Å². The van der Waals surface area contributed by atoms with Gasteiger partial charge in [-0.25, -0.2) is 4.79 Å². The van der Waals surface area contributed by atoms with Crippen molar-refractivity contribution in [1.82, 2.24) is 4.90 Å². The Bertz CT molecular complexity index is 864. The number of nitrogens with zero attached hydrogens (tertiary/aromatic N) is 1. The van der Waals surface area contributed by atoms with Crippen molar-refractivity contribution in [3.05, 3.63) is 64.7 Å². The maximum Gasteiger partial charge on any atom is 0.344 e. The lowest BCUT2D eigenvalue weighted by Crippen LogP contribution is -2.31. The first-order valence-electron chi connectivity index (χ1n) is 9.00. The van der Waals surface area contributed by atoms with Crippen LogP contribution in [0.5, 0.6) is 11.5 Å². The summed E-state index contributed by atoms with van der Waals surface area (Å²) in [5.74, 6) is -0.0320. The number of likely N-dealkylation sites (N-methyl/N-ethyl adjacent to an activating group) is 1. The van der Waals surface area contributed by atoms with Gasteiger partial charge < -0.3 is 19.1 Å². The molecular formula is C22H24ClNO5. The minimum Gasteiger partial charge on any atom is -0.493 e. The first-order valence-corrected chi connectivity index (χ1v) is 9.38. The molecule has 1 amide bonds. The van der Waals surface area contributed by atoms with Crippen molar-refractivity contribution in [2.24, 2.45) is 0 Å². The van der Waals surface area contributed by atoms with E-state index in [1.165, 1.54) is 12.0 Å². The van der Waals surface area contributed by atoms with Crippen LogP contribution in [0.1, 0.15) is 18.1 Å². The fourth-order valence-corrected chi connectivity index (χ4v) is 2.61. The van der Waals surface area contributed by atoms with Crippen molar-refractivity contribution in [1.29, 1.82) is 0 Å². The van der Waals surface area contributed by atoms with Crippen LogP contribution in [0.15, 0.2) is 48.5 Å². The summed E-state index contributed by atoms with van der Waals surface area (Å²) in [6.07, 6.45) is 3.83. The summed E-state index contributed by atoms with van der Waals surface area (Å²) < 4.78 is 15.8. The van der Waals surface area contributed by atoms with Gasteiger partial charge in [0.2, 0.25) is 0 Å². The molecule has 0 heterocycles. The molecule has 0 aliphatic carbocycles. The smallest absolute Gasteiger partial charge is 0.344 e. The molecule has 0 bridgehead atoms. The Labute approximate surface area is 175 Å². The SMILES string of the molecule is C/C=C/c1ccc(OCC(=O)OCC(=O)N(C)Cc2ccc(Cl)cc2)c(OC)c1. The highest BCUT2D eigenvalue weighted by Gasteiger charge is 2.14. The lowest BCUT2D eigenvalue weighted by atomic mass is 10.2. The number of hydrogen-bond donors (Lipinski definition) is 0. The minimum absolute atomic E-state index is 0.318. The van der Waals surface area contributed by atoms with Gasteiger partial charge in [0.05, 0.1) is 7.11 Å². The molecule has 154 valence electrons. The summed E-state index contributed by atoms with van der Waals surface area (Å²) >= 11 is 5.85. The van der Waals surface area contributed by atoms with Gasteiger partial charge in [-0.3, -0.25) is 4.79 Å². The van der Waals surface area contributed by atoms with Crippen LogP contribution in [0.3, 0.4) is 0 Å². The predicted molar refractivity (Wildman–Crippen MR) is 112 cm³/mol. The van der Waals surface area contributed by atoms with Crippen LogP contribution in [0.2, 0.25) is 5.02 Å². The second-order valence-corrected chi connectivity index (χ2v) is 6.67. The Morgan fingerprint density at radius 3 is 2.45 bits per heavy atom. The molecule has 0 aromatic heterocycles. The molecule has 0 atom stereocenters. The highest BCUT2D eigenvalue weighted by molar-refractivity contribution is 6.30. The van der Waals surface area contributed by atoms with E-state index in [0.29, 0.717) is 23.1 Å². The number of esters is 1. The maximum atomic E-state index is 12.1. The monoisotopic (exact) mass is 417 g/mol. The summed E-state index contributed by atoms with van der Waals surface area (Å²) in [5, 5.41) is 0.629. The number of rotatable bonds is 9. The molecular weight excluding hydrogens is 394 g/mol. The highest BCUT2D eigenvalue weighted by Crippen LogP contribution is 2.28. The molecule has 2 rings (SSSR count). The summed E-state index contributed by atoms with van der Waals surface area (Å²) in [6.45, 7) is 1.62. The van der Waals surface area contributed by atoms with Crippen LogP contribution < -0.4 is 9.47 Å². The number of carbonyl (C=O) groups is 2. The second-order valence-electron chi connectivity index (χ2n) is 6.24. The van der Waals surface area contributed by atoms with Crippen LogP contribution in [-0.2, 0) is 20.9 Å². The van der Waals surface area contributed by atoms with E-state index in [0.717, 1.165) is 11.1 Å². The third-order valence-electron chi connectivity index (χ3n) is 4.01. The fourth-order valence-electron chi connectivity index (χ4n) is 2.48. The van der Waals surface area contributed by atoms with E-state index in [1.807, 2.05) is 37.3 Å². The average molecular weight is 418 g/mol. The Morgan fingerprint density at radius 2 is 1.79 bits per heavy atom. The van der Waals surface area contributed by atoms with E-state index in [-0.39, 0.29) is 19.1 Å². The quantitative estimate of drug-likeness (QED) is 0.578. The van der Waals surface area contributed by atoms with E-state index in [4.69, 9.17) is 25.8 Å². The van der Waals surface area contributed by atoms with Crippen LogP contribution in [0.25, 0.3) is 6.08 Å². The molecule has 2 aromatic carbocycles. The van der Waals surface area contributed by atoms with Crippen molar-refractivity contribution in [2.75, 3.05) is 27.4 Å². The molecule has 0 aliphatic heterocycles. The van der Waals surface area contributed by atoms with Gasteiger partial charge in [0.15, 0.2) is 24.7 Å². The number of halogens is 1. The third kappa shape index (κ3) is 7.16. The van der Waals surface area contributed by atoms with E-state index < -0.39 is 5.97 Å². The van der Waals surface area contributed by atoms with Crippen molar-refractivity contribution >= 4 is 29.6 Å².